The van der Waals surface area contributed by atoms with E-state index in [1.807, 2.05) is 6.08 Å². The molecule has 0 saturated carbocycles. The standard InChI is InChI=1S/C54H107NO3/c1-3-5-7-9-11-13-15-17-19-21-23-25-26-27-28-29-30-32-34-36-38-40-42-44-46-48-50-54(58)55-52(51-56)53(57)49-47-45-43-41-39-37-35-33-31-24-22-20-18-16-14-12-10-8-6-4-2/h47,49,52-53,56-57H,3-46,48,50-51H2,1-2H3,(H,55,58)/b49-47+. The number of amides is 1. The van der Waals surface area contributed by atoms with Crippen LogP contribution in [0.25, 0.3) is 0 Å². The van der Waals surface area contributed by atoms with Gasteiger partial charge in [0.2, 0.25) is 5.91 Å². The third kappa shape index (κ3) is 46.2. The van der Waals surface area contributed by atoms with Crippen LogP contribution in [0.2, 0.25) is 0 Å². The van der Waals surface area contributed by atoms with E-state index in [1.54, 1.807) is 6.08 Å². The van der Waals surface area contributed by atoms with Crippen molar-refractivity contribution < 1.29 is 15.0 Å². The molecule has 0 aliphatic heterocycles. The van der Waals surface area contributed by atoms with E-state index in [0.29, 0.717) is 6.42 Å². The summed E-state index contributed by atoms with van der Waals surface area (Å²) in [4.78, 5) is 12.5. The highest BCUT2D eigenvalue weighted by Crippen LogP contribution is 2.18. The number of aliphatic hydroxyl groups is 2. The average Bonchev–Trinajstić information content (AvgIpc) is 3.23. The monoisotopic (exact) mass is 818 g/mol. The van der Waals surface area contributed by atoms with Gasteiger partial charge in [-0.3, -0.25) is 4.79 Å². The van der Waals surface area contributed by atoms with E-state index >= 15 is 0 Å². The molecule has 0 aromatic heterocycles. The van der Waals surface area contributed by atoms with Gasteiger partial charge >= 0.3 is 0 Å². The lowest BCUT2D eigenvalue weighted by Crippen LogP contribution is -2.45. The smallest absolute Gasteiger partial charge is 0.220 e. The summed E-state index contributed by atoms with van der Waals surface area (Å²) >= 11 is 0. The number of aliphatic hydroxyl groups excluding tert-OH is 2. The minimum absolute atomic E-state index is 0.0562. The Morgan fingerprint density at radius 2 is 0.638 bits per heavy atom. The van der Waals surface area contributed by atoms with Gasteiger partial charge in [0.05, 0.1) is 18.8 Å². The highest BCUT2D eigenvalue weighted by atomic mass is 16.3. The van der Waals surface area contributed by atoms with Crippen LogP contribution < -0.4 is 5.32 Å². The van der Waals surface area contributed by atoms with E-state index in [9.17, 15) is 15.0 Å². The first-order valence-corrected chi connectivity index (χ1v) is 26.9. The van der Waals surface area contributed by atoms with Gasteiger partial charge < -0.3 is 15.5 Å². The van der Waals surface area contributed by atoms with Gasteiger partial charge in [-0.05, 0) is 19.3 Å². The number of rotatable bonds is 50. The molecular formula is C54H107NO3. The second-order valence-corrected chi connectivity index (χ2v) is 18.7. The Morgan fingerprint density at radius 3 is 0.897 bits per heavy atom. The number of allylic oxidation sites excluding steroid dienone is 1. The van der Waals surface area contributed by atoms with Crippen LogP contribution in [0.5, 0.6) is 0 Å². The molecule has 0 heterocycles. The lowest BCUT2D eigenvalue weighted by Gasteiger charge is -2.20. The quantitative estimate of drug-likeness (QED) is 0.0423. The maximum atomic E-state index is 12.5. The molecule has 0 rings (SSSR count). The molecule has 0 radical (unpaired) electrons. The van der Waals surface area contributed by atoms with Crippen molar-refractivity contribution in [2.75, 3.05) is 6.61 Å². The van der Waals surface area contributed by atoms with Gasteiger partial charge in [-0.1, -0.05) is 296 Å². The van der Waals surface area contributed by atoms with E-state index < -0.39 is 12.1 Å². The molecule has 2 atom stereocenters. The summed E-state index contributed by atoms with van der Waals surface area (Å²) in [5, 5.41) is 23.1. The molecule has 0 aliphatic rings. The molecule has 4 nitrogen and oxygen atoms in total. The van der Waals surface area contributed by atoms with Crippen molar-refractivity contribution in [3.05, 3.63) is 12.2 Å². The van der Waals surface area contributed by atoms with Crippen LogP contribution in [0.15, 0.2) is 12.2 Å². The topological polar surface area (TPSA) is 69.6 Å². The second-order valence-electron chi connectivity index (χ2n) is 18.7. The molecule has 2 unspecified atom stereocenters. The van der Waals surface area contributed by atoms with Crippen LogP contribution in [0.4, 0.5) is 0 Å². The molecule has 346 valence electrons. The molecule has 0 saturated heterocycles. The van der Waals surface area contributed by atoms with Crippen LogP contribution in [-0.2, 0) is 4.79 Å². The van der Waals surface area contributed by atoms with Gasteiger partial charge in [0.15, 0.2) is 0 Å². The molecule has 58 heavy (non-hydrogen) atoms. The van der Waals surface area contributed by atoms with Crippen molar-refractivity contribution in [2.24, 2.45) is 0 Å². The molecule has 0 aliphatic carbocycles. The normalized spacial score (nSPS) is 12.8. The van der Waals surface area contributed by atoms with Crippen molar-refractivity contribution in [3.8, 4) is 0 Å². The van der Waals surface area contributed by atoms with Crippen molar-refractivity contribution in [1.82, 2.24) is 5.32 Å². The highest BCUT2D eigenvalue weighted by Gasteiger charge is 2.18. The van der Waals surface area contributed by atoms with Gasteiger partial charge in [0.25, 0.3) is 0 Å². The summed E-state index contributed by atoms with van der Waals surface area (Å²) < 4.78 is 0. The van der Waals surface area contributed by atoms with Crippen LogP contribution >= 0.6 is 0 Å². The number of carbonyl (C=O) groups excluding carboxylic acids is 1. The molecule has 0 aromatic carbocycles. The fourth-order valence-corrected chi connectivity index (χ4v) is 8.65. The van der Waals surface area contributed by atoms with Gasteiger partial charge in [-0.25, -0.2) is 0 Å². The Hall–Kier alpha value is -0.870. The number of hydrogen-bond acceptors (Lipinski definition) is 3. The number of unbranched alkanes of at least 4 members (excludes halogenated alkanes) is 43. The second kappa shape index (κ2) is 50.5. The SMILES string of the molecule is CCCCCCCCCCCCCCCCCCCC/C=C/C(O)C(CO)NC(=O)CCCCCCCCCCCCCCCCCCCCCCCCCCCC. The summed E-state index contributed by atoms with van der Waals surface area (Å²) in [5.74, 6) is -0.0562. The average molecular weight is 818 g/mol. The van der Waals surface area contributed by atoms with Crippen molar-refractivity contribution in [3.63, 3.8) is 0 Å². The number of carbonyl (C=O) groups is 1. The Balaban J connectivity index is 3.45. The number of hydrogen-bond donors (Lipinski definition) is 3. The largest absolute Gasteiger partial charge is 0.394 e. The molecule has 0 spiro atoms. The van der Waals surface area contributed by atoms with Crippen LogP contribution in [0.3, 0.4) is 0 Å². The minimum atomic E-state index is -0.835. The first-order chi connectivity index (χ1) is 28.7. The van der Waals surface area contributed by atoms with Gasteiger partial charge in [-0.2, -0.15) is 0 Å². The molecule has 3 N–H and O–H groups in total. The predicted molar refractivity (Wildman–Crippen MR) is 258 cm³/mol. The molecular weight excluding hydrogens is 711 g/mol. The summed E-state index contributed by atoms with van der Waals surface area (Å²) in [7, 11) is 0. The van der Waals surface area contributed by atoms with Crippen molar-refractivity contribution in [1.29, 1.82) is 0 Å². The van der Waals surface area contributed by atoms with E-state index in [0.717, 1.165) is 25.7 Å². The fraction of sp³-hybridized carbons (Fsp3) is 0.944. The van der Waals surface area contributed by atoms with Crippen molar-refractivity contribution >= 4 is 5.91 Å². The molecule has 0 bridgehead atoms. The molecule has 1 amide bonds. The third-order valence-corrected chi connectivity index (χ3v) is 12.8. The fourth-order valence-electron chi connectivity index (χ4n) is 8.65. The van der Waals surface area contributed by atoms with Gasteiger partial charge in [-0.15, -0.1) is 0 Å². The molecule has 0 aromatic rings. The Morgan fingerprint density at radius 1 is 0.397 bits per heavy atom. The van der Waals surface area contributed by atoms with Crippen molar-refractivity contribution in [2.45, 2.75) is 321 Å². The van der Waals surface area contributed by atoms with E-state index in [2.05, 4.69) is 19.2 Å². The lowest BCUT2D eigenvalue weighted by atomic mass is 10.0. The summed E-state index contributed by atoms with van der Waals surface area (Å²) in [5.41, 5.74) is 0. The van der Waals surface area contributed by atoms with Gasteiger partial charge in [0, 0.05) is 6.42 Å². The zero-order valence-electron chi connectivity index (χ0n) is 39.8. The van der Waals surface area contributed by atoms with Crippen LogP contribution in [0, 0.1) is 0 Å². The summed E-state index contributed by atoms with van der Waals surface area (Å²) in [6.07, 6.45) is 65.1. The van der Waals surface area contributed by atoms with E-state index in [4.69, 9.17) is 0 Å². The first-order valence-electron chi connectivity index (χ1n) is 26.9. The maximum absolute atomic E-state index is 12.5. The number of nitrogens with one attached hydrogen (secondary N) is 1. The molecule has 0 fully saturated rings. The van der Waals surface area contributed by atoms with Crippen LogP contribution in [0.1, 0.15) is 309 Å². The Labute approximate surface area is 365 Å². The maximum Gasteiger partial charge on any atom is 0.220 e. The zero-order valence-corrected chi connectivity index (χ0v) is 39.8. The van der Waals surface area contributed by atoms with Gasteiger partial charge in [0.1, 0.15) is 0 Å². The lowest BCUT2D eigenvalue weighted by molar-refractivity contribution is -0.123. The minimum Gasteiger partial charge on any atom is -0.394 e. The summed E-state index contributed by atoms with van der Waals surface area (Å²) in [6, 6.07) is -0.617. The Kier molecular flexibility index (Phi) is 49.7. The van der Waals surface area contributed by atoms with E-state index in [1.165, 1.54) is 263 Å². The van der Waals surface area contributed by atoms with E-state index in [-0.39, 0.29) is 12.5 Å². The summed E-state index contributed by atoms with van der Waals surface area (Å²) in [6.45, 7) is 4.35. The van der Waals surface area contributed by atoms with Crippen LogP contribution in [-0.4, -0.2) is 34.9 Å². The Bertz CT molecular complexity index is 799. The zero-order chi connectivity index (χ0) is 42.1. The molecule has 4 heteroatoms. The third-order valence-electron chi connectivity index (χ3n) is 12.8. The predicted octanol–water partition coefficient (Wildman–Crippen LogP) is 17.4. The first kappa shape index (κ1) is 57.1. The highest BCUT2D eigenvalue weighted by molar-refractivity contribution is 5.76.